The van der Waals surface area contributed by atoms with Crippen LogP contribution in [0.2, 0.25) is 0 Å². The van der Waals surface area contributed by atoms with Crippen LogP contribution in [-0.2, 0) is 29.1 Å². The molecule has 0 amide bonds. The number of fused-ring (bicyclic) bond motifs is 5. The molecule has 0 saturated carbocycles. The molecule has 0 radical (unpaired) electrons. The number of imidazole rings is 3. The molecule has 0 atom stereocenters. The summed E-state index contributed by atoms with van der Waals surface area (Å²) < 4.78 is 58.8. The Labute approximate surface area is 814 Å². The highest BCUT2D eigenvalue weighted by Gasteiger charge is 2.22. The van der Waals surface area contributed by atoms with Gasteiger partial charge in [-0.25, -0.2) is 28.1 Å². The molecule has 140 heavy (non-hydrogen) atoms. The minimum Gasteiger partial charge on any atom is -0.379 e. The molecule has 22 heteroatoms. The Kier molecular flexibility index (Phi) is 29.5. The van der Waals surface area contributed by atoms with Gasteiger partial charge < -0.3 is 28.1 Å². The van der Waals surface area contributed by atoms with Gasteiger partial charge in [0.15, 0.2) is 0 Å². The van der Waals surface area contributed by atoms with Crippen molar-refractivity contribution < 1.29 is 22.6 Å². The number of morpholine rings is 2. The van der Waals surface area contributed by atoms with Crippen molar-refractivity contribution in [3.05, 3.63) is 387 Å². The number of aromatic nitrogens is 13. The third-order valence-electron chi connectivity index (χ3n) is 26.4. The van der Waals surface area contributed by atoms with Gasteiger partial charge in [0.2, 0.25) is 0 Å². The minimum absolute atomic E-state index is 0.197. The number of halogens is 3. The quantitative estimate of drug-likeness (QED) is 0.0747. The van der Waals surface area contributed by atoms with Crippen molar-refractivity contribution in [2.45, 2.75) is 54.3 Å². The van der Waals surface area contributed by atoms with E-state index >= 15 is 0 Å². The fourth-order valence-electron chi connectivity index (χ4n) is 18.5. The molecule has 3 saturated heterocycles. The SMILES string of the molecule is Cc1cc(-c2ncccc2-c2ccc3cnccc3c2)ccc1F.Cc1cc(-c2ncccc2-c2ccc3ncn(CCN4CCN(C)CC4)c3c2)ccc1F.Cc1cc(-c2ncccc2-c2ccc3ncn(CCN4CCOCC4)c3c2)ccc1F.Cc1cccc(-c2ncccc2-c2ccc3cnccc3c2)c1.Cc1cccc(-c2ncccc2-c2ccc3ncn(CCN4CCOCC4)c3c2)c1. The Balaban J connectivity index is 0.000000112. The van der Waals surface area contributed by atoms with Crippen LogP contribution in [0, 0.1) is 52.1 Å². The number of hydrogen-bond acceptors (Lipinski definition) is 16. The van der Waals surface area contributed by atoms with Gasteiger partial charge in [0.05, 0.1) is 107 Å². The fourth-order valence-corrected chi connectivity index (χ4v) is 18.5. The Bertz CT molecular complexity index is 7750. The van der Waals surface area contributed by atoms with Crippen molar-refractivity contribution in [3.63, 3.8) is 0 Å². The van der Waals surface area contributed by atoms with Crippen molar-refractivity contribution in [2.24, 2.45) is 0 Å². The third-order valence-corrected chi connectivity index (χ3v) is 26.4. The van der Waals surface area contributed by atoms with E-state index in [-0.39, 0.29) is 17.5 Å². The number of likely N-dealkylation sites (N-methyl/N-ethyl adjacent to an activating group) is 1. The highest BCUT2D eigenvalue weighted by Crippen LogP contribution is 2.40. The number of benzene rings is 10. The van der Waals surface area contributed by atoms with Gasteiger partial charge in [0.1, 0.15) is 17.5 Å². The number of rotatable bonds is 19. The molecule has 0 unspecified atom stereocenters. The zero-order chi connectivity index (χ0) is 95.8. The van der Waals surface area contributed by atoms with Crippen LogP contribution < -0.4 is 0 Å². The first kappa shape index (κ1) is 93.7. The van der Waals surface area contributed by atoms with Crippen LogP contribution >= 0.6 is 0 Å². The number of pyridine rings is 7. The van der Waals surface area contributed by atoms with Gasteiger partial charge in [-0.2, -0.15) is 0 Å². The smallest absolute Gasteiger partial charge is 0.126 e. The van der Waals surface area contributed by atoms with Crippen LogP contribution in [0.3, 0.4) is 0 Å². The van der Waals surface area contributed by atoms with Crippen molar-refractivity contribution in [1.82, 2.24) is 83.1 Å². The van der Waals surface area contributed by atoms with E-state index in [2.05, 4.69) is 263 Å². The Morgan fingerprint density at radius 3 is 0.879 bits per heavy atom. The summed E-state index contributed by atoms with van der Waals surface area (Å²) in [6.07, 6.45) is 22.2. The van der Waals surface area contributed by atoms with E-state index in [1.165, 1.54) is 51.4 Å². The predicted octanol–water partition coefficient (Wildman–Crippen LogP) is 24.1. The zero-order valence-corrected chi connectivity index (χ0v) is 79.6. The monoisotopic (exact) mass is 1850 g/mol. The van der Waals surface area contributed by atoms with Crippen LogP contribution in [0.4, 0.5) is 13.2 Å². The van der Waals surface area contributed by atoms with Crippen LogP contribution in [0.15, 0.2) is 342 Å². The molecule has 23 rings (SSSR count). The van der Waals surface area contributed by atoms with Crippen molar-refractivity contribution >= 4 is 54.6 Å². The molecule has 13 heterocycles. The summed E-state index contributed by atoms with van der Waals surface area (Å²) >= 11 is 0. The molecule has 0 aliphatic carbocycles. The van der Waals surface area contributed by atoms with Gasteiger partial charge in [-0.15, -0.1) is 0 Å². The first-order chi connectivity index (χ1) is 68.6. The maximum absolute atomic E-state index is 13.8. The average Bonchev–Trinajstić information content (AvgIpc) is 1.57. The summed E-state index contributed by atoms with van der Waals surface area (Å²) in [5, 5.41) is 4.57. The Morgan fingerprint density at radius 1 is 0.257 bits per heavy atom. The number of aryl methyl sites for hydroxylation is 5. The van der Waals surface area contributed by atoms with E-state index in [0.29, 0.717) is 16.7 Å². The van der Waals surface area contributed by atoms with E-state index in [1.807, 2.05) is 117 Å². The summed E-state index contributed by atoms with van der Waals surface area (Å²) in [7, 11) is 2.18. The standard InChI is InChI=1S/C26H28FN5.C25H25FN4O.C25H26N4O.C21H15FN2.C21H16N2/c1-19-16-21(5-7-23(19)27)26-22(4-3-9-28-26)20-6-8-24-25(17-20)32(18-29-24)15-14-31-12-10-30(2)11-13-31;1-18-15-20(4-6-22(18)26)25-21(3-2-8-27-25)19-5-7-23-24(16-19)30(17-28-23)10-9-29-11-13-31-14-12-29;1-19-4-2-5-21(16-19)25-22(6-3-9-26-25)20-7-8-23-24(17-20)29(18-27-23)11-10-28-12-14-30-15-13-28;1-14-11-17(6-7-20(14)22)21-19(3-2-9-24-21)16-4-5-18-13-23-10-8-15(18)12-16;1-15-4-2-5-18(12-15)21-20(6-3-10-23-21)17-7-8-19-14-22-11-9-16(19)13-17/h3-9,16-18H,10-15H2,1-2H3;2-8,15-17H,9-14H2,1H3;2-9,16-18H,10-15H2,1H3;2-13H,1H3;2-14H,1H3. The molecule has 0 spiro atoms. The van der Waals surface area contributed by atoms with Crippen molar-refractivity contribution in [2.75, 3.05) is 105 Å². The minimum atomic E-state index is -0.202. The largest absolute Gasteiger partial charge is 0.379 e. The van der Waals surface area contributed by atoms with Crippen molar-refractivity contribution in [1.29, 1.82) is 0 Å². The molecule has 3 aliphatic heterocycles. The molecule has 19 nitrogen and oxygen atoms in total. The molecule has 3 fully saturated rings. The molecule has 10 aromatic carbocycles. The van der Waals surface area contributed by atoms with Crippen LogP contribution in [0.1, 0.15) is 27.8 Å². The second kappa shape index (κ2) is 44.0. The van der Waals surface area contributed by atoms with Gasteiger partial charge in [-0.1, -0.05) is 120 Å². The fraction of sp³-hybridized carbons (Fsp3) is 0.203. The second-order valence-corrected chi connectivity index (χ2v) is 36.0. The van der Waals surface area contributed by atoms with Crippen molar-refractivity contribution in [3.8, 4) is 112 Å². The highest BCUT2D eigenvalue weighted by molar-refractivity contribution is 5.94. The highest BCUT2D eigenvalue weighted by atomic mass is 19.1. The summed E-state index contributed by atoms with van der Waals surface area (Å²) in [4.78, 5) is 55.1. The summed E-state index contributed by atoms with van der Waals surface area (Å²) in [5.41, 5.74) is 31.3. The van der Waals surface area contributed by atoms with Crippen LogP contribution in [0.5, 0.6) is 0 Å². The number of hydrogen-bond donors (Lipinski definition) is 0. The predicted molar refractivity (Wildman–Crippen MR) is 558 cm³/mol. The van der Waals surface area contributed by atoms with Crippen LogP contribution in [-0.4, -0.2) is 189 Å². The van der Waals surface area contributed by atoms with Crippen LogP contribution in [0.25, 0.3) is 167 Å². The second-order valence-electron chi connectivity index (χ2n) is 36.0. The van der Waals surface area contributed by atoms with Gasteiger partial charge in [0, 0.05) is 214 Å². The van der Waals surface area contributed by atoms with Gasteiger partial charge in [-0.05, 0) is 255 Å². The summed E-state index contributed by atoms with van der Waals surface area (Å²) in [6.45, 7) is 27.0. The maximum Gasteiger partial charge on any atom is 0.126 e. The molecule has 700 valence electrons. The summed E-state index contributed by atoms with van der Waals surface area (Å²) in [5.74, 6) is -0.599. The lowest BCUT2D eigenvalue weighted by Gasteiger charge is -2.32. The third kappa shape index (κ3) is 22.3. The zero-order valence-electron chi connectivity index (χ0n) is 79.6. The average molecular weight is 1860 g/mol. The van der Waals surface area contributed by atoms with Gasteiger partial charge >= 0.3 is 0 Å². The van der Waals surface area contributed by atoms with E-state index in [9.17, 15) is 13.2 Å². The molecule has 10 aromatic heterocycles. The molecule has 0 bridgehead atoms. The molecular formula is C118H110F3N17O2. The van der Waals surface area contributed by atoms with E-state index in [1.54, 1.807) is 63.8 Å². The molecular weight excluding hydrogens is 1740 g/mol. The molecule has 0 N–H and O–H groups in total. The topological polar surface area (TPSA) is 175 Å². The normalized spacial score (nSPS) is 13.7. The van der Waals surface area contributed by atoms with E-state index in [4.69, 9.17) is 14.5 Å². The molecule has 20 aromatic rings. The van der Waals surface area contributed by atoms with Gasteiger partial charge in [-0.3, -0.25) is 49.6 Å². The Morgan fingerprint density at radius 2 is 0.557 bits per heavy atom. The van der Waals surface area contributed by atoms with Gasteiger partial charge in [0.25, 0.3) is 0 Å². The lowest BCUT2D eigenvalue weighted by Crippen LogP contribution is -2.45. The first-order valence-corrected chi connectivity index (χ1v) is 47.8. The van der Waals surface area contributed by atoms with E-state index < -0.39 is 0 Å². The number of piperazine rings is 1. The Hall–Kier alpha value is -15.3. The number of ether oxygens (including phenoxy) is 2. The van der Waals surface area contributed by atoms with E-state index in [0.717, 1.165) is 263 Å². The maximum atomic E-state index is 13.8. The number of nitrogens with zero attached hydrogens (tertiary/aromatic N) is 17. The molecule has 3 aliphatic rings. The lowest BCUT2D eigenvalue weighted by molar-refractivity contribution is 0.0364. The summed E-state index contributed by atoms with van der Waals surface area (Å²) in [6, 6.07) is 88.7. The lowest BCUT2D eigenvalue weighted by atomic mass is 9.97. The first-order valence-electron chi connectivity index (χ1n) is 47.8.